The third-order valence-corrected chi connectivity index (χ3v) is 4.21. The van der Waals surface area contributed by atoms with Crippen LogP contribution in [0.4, 0.5) is 0 Å². The fourth-order valence-corrected chi connectivity index (χ4v) is 2.73. The monoisotopic (exact) mass is 349 g/mol. The van der Waals surface area contributed by atoms with Crippen molar-refractivity contribution in [3.63, 3.8) is 0 Å². The number of benzene rings is 1. The average Bonchev–Trinajstić information content (AvgIpc) is 2.58. The Morgan fingerprint density at radius 3 is 2.68 bits per heavy atom. The quantitative estimate of drug-likeness (QED) is 0.715. The number of nitrogens with one attached hydrogen (secondary N) is 1. The van der Waals surface area contributed by atoms with Crippen LogP contribution in [0.3, 0.4) is 0 Å². The molecule has 1 aliphatic heterocycles. The molecule has 1 aliphatic rings. The van der Waals surface area contributed by atoms with Gasteiger partial charge >= 0.3 is 0 Å². The highest BCUT2D eigenvalue weighted by Crippen LogP contribution is 2.11. The van der Waals surface area contributed by atoms with Gasteiger partial charge < -0.3 is 20.1 Å². The van der Waals surface area contributed by atoms with Gasteiger partial charge in [-0.2, -0.15) is 0 Å². The largest absolute Gasteiger partial charge is 0.390 e. The van der Waals surface area contributed by atoms with E-state index >= 15 is 0 Å². The second-order valence-electron chi connectivity index (χ2n) is 6.53. The summed E-state index contributed by atoms with van der Waals surface area (Å²) in [5.74, 6) is -0.234. The van der Waals surface area contributed by atoms with E-state index in [9.17, 15) is 14.7 Å². The van der Waals surface area contributed by atoms with Gasteiger partial charge in [-0.15, -0.1) is 0 Å². The molecule has 0 unspecified atom stereocenters. The number of rotatable bonds is 7. The molecule has 1 saturated heterocycles. The number of hydrogen-bond acceptors (Lipinski definition) is 5. The Labute approximate surface area is 148 Å². The summed E-state index contributed by atoms with van der Waals surface area (Å²) in [6, 6.07) is 9.33. The van der Waals surface area contributed by atoms with Gasteiger partial charge in [0.2, 0.25) is 11.8 Å². The molecule has 7 nitrogen and oxygen atoms in total. The molecule has 0 saturated carbocycles. The van der Waals surface area contributed by atoms with Crippen LogP contribution in [0.5, 0.6) is 0 Å². The minimum Gasteiger partial charge on any atom is -0.390 e. The molecule has 2 amide bonds. The van der Waals surface area contributed by atoms with Crippen LogP contribution < -0.4 is 5.32 Å². The third kappa shape index (κ3) is 6.45. The molecule has 0 aromatic heterocycles. The van der Waals surface area contributed by atoms with Gasteiger partial charge in [-0.1, -0.05) is 30.3 Å². The summed E-state index contributed by atoms with van der Waals surface area (Å²) in [6.07, 6.45) is -0.0893. The molecule has 2 rings (SSSR count). The topological polar surface area (TPSA) is 82.1 Å². The highest BCUT2D eigenvalue weighted by Gasteiger charge is 2.29. The molecule has 1 fully saturated rings. The number of carbonyl (C=O) groups excluding carboxylic acids is 2. The number of hydrogen-bond donors (Lipinski definition) is 2. The van der Waals surface area contributed by atoms with E-state index in [0.717, 1.165) is 5.56 Å². The Hall–Kier alpha value is -1.96. The molecule has 1 aromatic carbocycles. The van der Waals surface area contributed by atoms with E-state index in [1.807, 2.05) is 35.2 Å². The van der Waals surface area contributed by atoms with Crippen molar-refractivity contribution < 1.29 is 19.4 Å². The Bertz CT molecular complexity index is 565. The standard InChI is InChI=1S/C18H27N3O4/c1-20(2)18(24)11-21-9-8-15(16(22)10-21)19-17(23)13-25-12-14-6-4-3-5-7-14/h3-7,15-16,22H,8-13H2,1-2H3,(H,19,23)/t15-,16-/m1/s1. The van der Waals surface area contributed by atoms with Gasteiger partial charge in [0.1, 0.15) is 6.61 Å². The summed E-state index contributed by atoms with van der Waals surface area (Å²) in [5, 5.41) is 13.0. The zero-order valence-corrected chi connectivity index (χ0v) is 14.9. The SMILES string of the molecule is CN(C)C(=O)CN1CC[C@@H](NC(=O)COCc2ccccc2)[C@H](O)C1. The van der Waals surface area contributed by atoms with Gasteiger partial charge in [-0.3, -0.25) is 14.5 Å². The van der Waals surface area contributed by atoms with Crippen molar-refractivity contribution >= 4 is 11.8 Å². The predicted molar refractivity (Wildman–Crippen MR) is 93.8 cm³/mol. The number of amides is 2. The molecule has 1 heterocycles. The second-order valence-corrected chi connectivity index (χ2v) is 6.53. The van der Waals surface area contributed by atoms with E-state index in [2.05, 4.69) is 5.32 Å². The molecule has 0 spiro atoms. The van der Waals surface area contributed by atoms with Crippen LogP contribution in [0.15, 0.2) is 30.3 Å². The first-order chi connectivity index (χ1) is 12.0. The number of aliphatic hydroxyl groups excluding tert-OH is 1. The number of likely N-dealkylation sites (tertiary alicyclic amines) is 1. The molecule has 25 heavy (non-hydrogen) atoms. The lowest BCUT2D eigenvalue weighted by molar-refractivity contribution is -0.132. The molecule has 0 radical (unpaired) electrons. The Kier molecular flexibility index (Phi) is 7.36. The fraction of sp³-hybridized carbons (Fsp3) is 0.556. The lowest BCUT2D eigenvalue weighted by Crippen LogP contribution is -2.55. The van der Waals surface area contributed by atoms with Crippen molar-refractivity contribution in [2.24, 2.45) is 0 Å². The number of piperidine rings is 1. The highest BCUT2D eigenvalue weighted by atomic mass is 16.5. The molecule has 2 atom stereocenters. The van der Waals surface area contributed by atoms with E-state index in [1.165, 1.54) is 4.90 Å². The minimum atomic E-state index is -0.693. The fourth-order valence-electron chi connectivity index (χ4n) is 2.73. The van der Waals surface area contributed by atoms with Crippen LogP contribution in [-0.4, -0.2) is 79.2 Å². The first-order valence-corrected chi connectivity index (χ1v) is 8.47. The molecule has 0 aliphatic carbocycles. The summed E-state index contributed by atoms with van der Waals surface area (Å²) in [4.78, 5) is 27.1. The average molecular weight is 349 g/mol. The van der Waals surface area contributed by atoms with Gasteiger partial charge in [-0.05, 0) is 12.0 Å². The Morgan fingerprint density at radius 1 is 1.32 bits per heavy atom. The van der Waals surface area contributed by atoms with Crippen molar-refractivity contribution in [2.45, 2.75) is 25.2 Å². The normalized spacial score (nSPS) is 20.9. The molecule has 2 N–H and O–H groups in total. The van der Waals surface area contributed by atoms with Crippen LogP contribution >= 0.6 is 0 Å². The van der Waals surface area contributed by atoms with Gasteiger partial charge in [0.05, 0.1) is 25.3 Å². The summed E-state index contributed by atoms with van der Waals surface area (Å²) in [7, 11) is 3.42. The molecule has 1 aromatic rings. The Morgan fingerprint density at radius 2 is 2.04 bits per heavy atom. The van der Waals surface area contributed by atoms with Crippen LogP contribution in [0.2, 0.25) is 0 Å². The molecular formula is C18H27N3O4. The summed E-state index contributed by atoms with van der Waals surface area (Å²) < 4.78 is 5.40. The third-order valence-electron chi connectivity index (χ3n) is 4.21. The first kappa shape index (κ1) is 19.4. The Balaban J connectivity index is 1.68. The summed E-state index contributed by atoms with van der Waals surface area (Å²) in [6.45, 7) is 1.65. The van der Waals surface area contributed by atoms with Crippen molar-refractivity contribution in [1.82, 2.24) is 15.1 Å². The van der Waals surface area contributed by atoms with E-state index in [4.69, 9.17) is 4.74 Å². The maximum Gasteiger partial charge on any atom is 0.246 e. The van der Waals surface area contributed by atoms with Gasteiger partial charge in [0.25, 0.3) is 0 Å². The number of carbonyl (C=O) groups is 2. The van der Waals surface area contributed by atoms with Gasteiger partial charge in [0, 0.05) is 27.2 Å². The van der Waals surface area contributed by atoms with E-state index < -0.39 is 6.10 Å². The zero-order chi connectivity index (χ0) is 18.2. The molecule has 138 valence electrons. The van der Waals surface area contributed by atoms with E-state index in [-0.39, 0.29) is 31.0 Å². The lowest BCUT2D eigenvalue weighted by Gasteiger charge is -2.36. The maximum absolute atomic E-state index is 12.0. The van der Waals surface area contributed by atoms with Crippen LogP contribution in [0.25, 0.3) is 0 Å². The zero-order valence-electron chi connectivity index (χ0n) is 14.9. The molecule has 7 heteroatoms. The van der Waals surface area contributed by atoms with Crippen LogP contribution in [0.1, 0.15) is 12.0 Å². The maximum atomic E-state index is 12.0. The minimum absolute atomic E-state index is 0.00370. The predicted octanol–water partition coefficient (Wildman–Crippen LogP) is -0.157. The lowest BCUT2D eigenvalue weighted by atomic mass is 10.0. The highest BCUT2D eigenvalue weighted by molar-refractivity contribution is 5.78. The van der Waals surface area contributed by atoms with Crippen molar-refractivity contribution in [2.75, 3.05) is 40.3 Å². The number of β-amino-alcohol motifs (C(OH)–C–C–N with tert-alkyl or cyclic N) is 1. The molecular weight excluding hydrogens is 322 g/mol. The van der Waals surface area contributed by atoms with Crippen LogP contribution in [-0.2, 0) is 20.9 Å². The smallest absolute Gasteiger partial charge is 0.246 e. The summed E-state index contributed by atoms with van der Waals surface area (Å²) in [5.41, 5.74) is 1.01. The van der Waals surface area contributed by atoms with Crippen molar-refractivity contribution in [1.29, 1.82) is 0 Å². The number of nitrogens with zero attached hydrogens (tertiary/aromatic N) is 2. The number of likely N-dealkylation sites (N-methyl/N-ethyl adjacent to an activating group) is 1. The van der Waals surface area contributed by atoms with Crippen LogP contribution in [0, 0.1) is 0 Å². The van der Waals surface area contributed by atoms with Gasteiger partial charge in [-0.25, -0.2) is 0 Å². The molecule has 0 bridgehead atoms. The van der Waals surface area contributed by atoms with Crippen molar-refractivity contribution in [3.8, 4) is 0 Å². The first-order valence-electron chi connectivity index (χ1n) is 8.47. The second kappa shape index (κ2) is 9.50. The number of aliphatic hydroxyl groups is 1. The van der Waals surface area contributed by atoms with Crippen molar-refractivity contribution in [3.05, 3.63) is 35.9 Å². The van der Waals surface area contributed by atoms with Gasteiger partial charge in [0.15, 0.2) is 0 Å². The number of ether oxygens (including phenoxy) is 1. The van der Waals surface area contributed by atoms with E-state index in [1.54, 1.807) is 14.1 Å². The van der Waals surface area contributed by atoms with E-state index in [0.29, 0.717) is 26.1 Å². The summed E-state index contributed by atoms with van der Waals surface area (Å²) >= 11 is 0.